The van der Waals surface area contributed by atoms with E-state index in [0.717, 1.165) is 27.1 Å². The van der Waals surface area contributed by atoms with Gasteiger partial charge < -0.3 is 16.0 Å². The lowest BCUT2D eigenvalue weighted by atomic mass is 10.2. The Morgan fingerprint density at radius 2 is 2.20 bits per heavy atom. The number of rotatable bonds is 2. The number of hydrogen-bond acceptors (Lipinski definition) is 5. The lowest BCUT2D eigenvalue weighted by Crippen LogP contribution is -2.34. The summed E-state index contributed by atoms with van der Waals surface area (Å²) in [7, 11) is 0. The van der Waals surface area contributed by atoms with Crippen molar-refractivity contribution in [3.8, 4) is 0 Å². The first-order valence-electron chi connectivity index (χ1n) is 6.45. The Morgan fingerprint density at radius 3 is 2.90 bits per heavy atom. The molecule has 0 bridgehead atoms. The number of carbonyl (C=O) groups is 1. The van der Waals surface area contributed by atoms with E-state index in [-0.39, 0.29) is 18.5 Å². The van der Waals surface area contributed by atoms with Crippen LogP contribution in [-0.4, -0.2) is 17.4 Å². The molecule has 1 amide bonds. The van der Waals surface area contributed by atoms with Crippen molar-refractivity contribution in [2.45, 2.75) is 19.9 Å². The lowest BCUT2D eigenvalue weighted by Gasteiger charge is -2.28. The van der Waals surface area contributed by atoms with Crippen LogP contribution in [0.1, 0.15) is 23.5 Å². The number of carbonyl (C=O) groups excluding carboxylic acids is 1. The molecule has 0 saturated carbocycles. The van der Waals surface area contributed by atoms with Crippen molar-refractivity contribution < 1.29 is 4.79 Å². The van der Waals surface area contributed by atoms with Crippen molar-refractivity contribution in [2.24, 2.45) is 5.73 Å². The average molecular weight is 288 g/mol. The van der Waals surface area contributed by atoms with Crippen molar-refractivity contribution in [2.75, 3.05) is 16.8 Å². The van der Waals surface area contributed by atoms with Gasteiger partial charge in [-0.05, 0) is 26.0 Å². The Kier molecular flexibility index (Phi) is 3.19. The molecule has 1 aliphatic heterocycles. The zero-order valence-electron chi connectivity index (χ0n) is 11.4. The zero-order valence-corrected chi connectivity index (χ0v) is 12.2. The van der Waals surface area contributed by atoms with Gasteiger partial charge in [-0.3, -0.25) is 4.79 Å². The van der Waals surface area contributed by atoms with Gasteiger partial charge in [-0.1, -0.05) is 23.5 Å². The van der Waals surface area contributed by atoms with Gasteiger partial charge in [0.15, 0.2) is 5.13 Å². The number of nitrogens with one attached hydrogen (secondary N) is 1. The van der Waals surface area contributed by atoms with Gasteiger partial charge in [0.25, 0.3) is 0 Å². The smallest absolute Gasteiger partial charge is 0.244 e. The van der Waals surface area contributed by atoms with E-state index in [1.807, 2.05) is 43.0 Å². The minimum Gasteiger partial charge on any atom is -0.323 e. The summed E-state index contributed by atoms with van der Waals surface area (Å²) < 4.78 is 0. The topological polar surface area (TPSA) is 71.2 Å². The van der Waals surface area contributed by atoms with E-state index in [1.165, 1.54) is 0 Å². The average Bonchev–Trinajstić information content (AvgIpc) is 2.80. The number of nitrogens with zero attached hydrogens (tertiary/aromatic N) is 2. The molecule has 20 heavy (non-hydrogen) atoms. The van der Waals surface area contributed by atoms with Crippen LogP contribution in [0, 0.1) is 6.92 Å². The van der Waals surface area contributed by atoms with Crippen molar-refractivity contribution in [3.05, 3.63) is 34.8 Å². The van der Waals surface area contributed by atoms with Crippen LogP contribution in [0.3, 0.4) is 0 Å². The van der Waals surface area contributed by atoms with Crippen molar-refractivity contribution >= 4 is 33.8 Å². The fourth-order valence-electron chi connectivity index (χ4n) is 2.34. The molecule has 0 radical (unpaired) electrons. The largest absolute Gasteiger partial charge is 0.323 e. The number of hydrogen-bond donors (Lipinski definition) is 2. The Bertz CT molecular complexity index is 665. The summed E-state index contributed by atoms with van der Waals surface area (Å²) in [6.45, 7) is 4.18. The fraction of sp³-hybridized carbons (Fsp3) is 0.286. The van der Waals surface area contributed by atoms with Crippen molar-refractivity contribution in [1.82, 2.24) is 4.98 Å². The van der Waals surface area contributed by atoms with E-state index in [4.69, 9.17) is 5.73 Å². The summed E-state index contributed by atoms with van der Waals surface area (Å²) in [5.41, 5.74) is 8.67. The molecule has 3 N–H and O–H groups in total. The van der Waals surface area contributed by atoms with E-state index in [1.54, 1.807) is 11.3 Å². The number of aromatic nitrogens is 1. The van der Waals surface area contributed by atoms with Crippen LogP contribution in [0.5, 0.6) is 0 Å². The SMILES string of the molecule is Cc1nc(N2CC(=O)Nc3ccccc32)sc1C(C)N. The van der Waals surface area contributed by atoms with Gasteiger partial charge in [-0.25, -0.2) is 4.98 Å². The molecule has 6 heteroatoms. The first kappa shape index (κ1) is 13.1. The molecule has 104 valence electrons. The quantitative estimate of drug-likeness (QED) is 0.891. The van der Waals surface area contributed by atoms with Crippen LogP contribution >= 0.6 is 11.3 Å². The molecule has 2 aromatic rings. The van der Waals surface area contributed by atoms with E-state index in [9.17, 15) is 4.79 Å². The molecule has 1 aliphatic rings. The number of amides is 1. The molecule has 3 rings (SSSR count). The minimum absolute atomic E-state index is 0.0288. The van der Waals surface area contributed by atoms with Gasteiger partial charge >= 0.3 is 0 Å². The molecule has 1 aromatic heterocycles. The van der Waals surface area contributed by atoms with Crippen LogP contribution in [0.4, 0.5) is 16.5 Å². The molecule has 1 unspecified atom stereocenters. The third-order valence-electron chi connectivity index (χ3n) is 3.24. The standard InChI is InChI=1S/C14H16N4OS/c1-8(15)13-9(2)16-14(20-13)18-7-12(19)17-10-5-3-4-6-11(10)18/h3-6,8H,7,15H2,1-2H3,(H,17,19). The second kappa shape index (κ2) is 4.88. The first-order chi connectivity index (χ1) is 9.56. The predicted molar refractivity (Wildman–Crippen MR) is 81.5 cm³/mol. The van der Waals surface area contributed by atoms with Crippen LogP contribution in [0.15, 0.2) is 24.3 Å². The molecule has 0 aliphatic carbocycles. The molecule has 1 aromatic carbocycles. The predicted octanol–water partition coefficient (Wildman–Crippen LogP) is 2.56. The number of nitrogens with two attached hydrogens (primary N) is 1. The number of para-hydroxylation sites is 2. The van der Waals surface area contributed by atoms with E-state index >= 15 is 0 Å². The Morgan fingerprint density at radius 1 is 1.45 bits per heavy atom. The molecule has 0 spiro atoms. The number of thiazole rings is 1. The van der Waals surface area contributed by atoms with Crippen LogP contribution in [0.2, 0.25) is 0 Å². The highest BCUT2D eigenvalue weighted by atomic mass is 32.1. The van der Waals surface area contributed by atoms with Gasteiger partial charge in [0.2, 0.25) is 5.91 Å². The first-order valence-corrected chi connectivity index (χ1v) is 7.27. The number of benzene rings is 1. The summed E-state index contributed by atoms with van der Waals surface area (Å²) in [5.74, 6) is -0.0288. The molecule has 5 nitrogen and oxygen atoms in total. The number of fused-ring (bicyclic) bond motifs is 1. The summed E-state index contributed by atoms with van der Waals surface area (Å²) in [6, 6.07) is 7.69. The van der Waals surface area contributed by atoms with Gasteiger partial charge in [-0.15, -0.1) is 0 Å². The van der Waals surface area contributed by atoms with Crippen LogP contribution < -0.4 is 16.0 Å². The van der Waals surface area contributed by atoms with Crippen molar-refractivity contribution in [1.29, 1.82) is 0 Å². The maximum atomic E-state index is 11.8. The highest BCUT2D eigenvalue weighted by Gasteiger charge is 2.26. The fourth-order valence-corrected chi connectivity index (χ4v) is 3.37. The number of anilines is 3. The Hall–Kier alpha value is -1.92. The molecular weight excluding hydrogens is 272 g/mol. The molecule has 0 fully saturated rings. The third-order valence-corrected chi connectivity index (χ3v) is 4.62. The highest BCUT2D eigenvalue weighted by Crippen LogP contribution is 2.38. The third kappa shape index (κ3) is 2.17. The second-order valence-corrected chi connectivity index (χ2v) is 5.90. The van der Waals surface area contributed by atoms with Gasteiger partial charge in [-0.2, -0.15) is 0 Å². The van der Waals surface area contributed by atoms with E-state index < -0.39 is 0 Å². The minimum atomic E-state index is -0.0462. The summed E-state index contributed by atoms with van der Waals surface area (Å²) in [4.78, 5) is 19.4. The summed E-state index contributed by atoms with van der Waals surface area (Å²) >= 11 is 1.55. The Balaban J connectivity index is 2.06. The highest BCUT2D eigenvalue weighted by molar-refractivity contribution is 7.15. The van der Waals surface area contributed by atoms with Gasteiger partial charge in [0, 0.05) is 10.9 Å². The maximum Gasteiger partial charge on any atom is 0.244 e. The van der Waals surface area contributed by atoms with Crippen molar-refractivity contribution in [3.63, 3.8) is 0 Å². The van der Waals surface area contributed by atoms with E-state index in [2.05, 4.69) is 10.3 Å². The molecule has 0 saturated heterocycles. The monoisotopic (exact) mass is 288 g/mol. The maximum absolute atomic E-state index is 11.8. The summed E-state index contributed by atoms with van der Waals surface area (Å²) in [6.07, 6.45) is 0. The molecule has 1 atom stereocenters. The van der Waals surface area contributed by atoms with Gasteiger partial charge in [0.1, 0.15) is 6.54 Å². The summed E-state index contributed by atoms with van der Waals surface area (Å²) in [5, 5.41) is 3.69. The zero-order chi connectivity index (χ0) is 14.3. The number of aryl methyl sites for hydroxylation is 1. The normalized spacial score (nSPS) is 15.8. The van der Waals surface area contributed by atoms with Gasteiger partial charge in [0.05, 0.1) is 17.1 Å². The van der Waals surface area contributed by atoms with Crippen LogP contribution in [-0.2, 0) is 4.79 Å². The second-order valence-electron chi connectivity index (χ2n) is 4.89. The lowest BCUT2D eigenvalue weighted by molar-refractivity contribution is -0.115. The molecule has 2 heterocycles. The van der Waals surface area contributed by atoms with Crippen LogP contribution in [0.25, 0.3) is 0 Å². The van der Waals surface area contributed by atoms with E-state index in [0.29, 0.717) is 0 Å². The Labute approximate surface area is 121 Å². The molecular formula is C14H16N4OS.